The van der Waals surface area contributed by atoms with Gasteiger partial charge >= 0.3 is 0 Å². The lowest BCUT2D eigenvalue weighted by molar-refractivity contribution is -0.116. The number of nitrogens with zero attached hydrogens (tertiary/aromatic N) is 4. The first-order valence-corrected chi connectivity index (χ1v) is 7.58. The summed E-state index contributed by atoms with van der Waals surface area (Å²) in [6.07, 6.45) is 0.157. The van der Waals surface area contributed by atoms with Crippen LogP contribution in [0.25, 0.3) is 11.4 Å². The van der Waals surface area contributed by atoms with Gasteiger partial charge in [0.2, 0.25) is 11.7 Å². The van der Waals surface area contributed by atoms with Gasteiger partial charge in [0, 0.05) is 12.0 Å². The summed E-state index contributed by atoms with van der Waals surface area (Å²) in [7, 11) is 0. The maximum atomic E-state index is 13.2. The lowest BCUT2D eigenvalue weighted by atomic mass is 10.2. The molecule has 0 saturated carbocycles. The molecular formula is C16H13ClFN5O. The van der Waals surface area contributed by atoms with E-state index in [0.29, 0.717) is 22.1 Å². The molecule has 0 aliphatic rings. The number of hydrogen-bond acceptors (Lipinski definition) is 4. The Morgan fingerprint density at radius 2 is 2.04 bits per heavy atom. The van der Waals surface area contributed by atoms with Gasteiger partial charge in [-0.1, -0.05) is 35.9 Å². The first kappa shape index (κ1) is 16.1. The fraction of sp³-hybridized carbons (Fsp3) is 0.125. The summed E-state index contributed by atoms with van der Waals surface area (Å²) in [5, 5.41) is 15.1. The molecule has 2 aromatic carbocycles. The number of nitrogens with one attached hydrogen (secondary N) is 1. The number of para-hydroxylation sites is 1. The van der Waals surface area contributed by atoms with E-state index < -0.39 is 0 Å². The number of rotatable bonds is 5. The Morgan fingerprint density at radius 1 is 1.21 bits per heavy atom. The molecule has 1 amide bonds. The number of aryl methyl sites for hydroxylation is 1. The molecule has 0 atom stereocenters. The first-order valence-electron chi connectivity index (χ1n) is 7.20. The highest BCUT2D eigenvalue weighted by Crippen LogP contribution is 2.20. The highest BCUT2D eigenvalue weighted by molar-refractivity contribution is 6.33. The van der Waals surface area contributed by atoms with Crippen LogP contribution in [0, 0.1) is 5.82 Å². The molecule has 6 nitrogen and oxygen atoms in total. The normalized spacial score (nSPS) is 10.6. The predicted octanol–water partition coefficient (Wildman–Crippen LogP) is 3.16. The van der Waals surface area contributed by atoms with Gasteiger partial charge in [-0.2, -0.15) is 4.80 Å². The highest BCUT2D eigenvalue weighted by atomic mass is 35.5. The van der Waals surface area contributed by atoms with E-state index in [1.54, 1.807) is 36.4 Å². The van der Waals surface area contributed by atoms with Crippen LogP contribution in [0.4, 0.5) is 10.1 Å². The van der Waals surface area contributed by atoms with Gasteiger partial charge in [0.25, 0.3) is 0 Å². The zero-order valence-electron chi connectivity index (χ0n) is 12.5. The van der Waals surface area contributed by atoms with E-state index in [-0.39, 0.29) is 24.7 Å². The molecule has 0 aliphatic heterocycles. The van der Waals surface area contributed by atoms with E-state index >= 15 is 0 Å². The molecule has 3 rings (SSSR count). The van der Waals surface area contributed by atoms with Gasteiger partial charge in [-0.25, -0.2) is 4.39 Å². The smallest absolute Gasteiger partial charge is 0.226 e. The van der Waals surface area contributed by atoms with Crippen LogP contribution >= 0.6 is 11.6 Å². The van der Waals surface area contributed by atoms with Crippen molar-refractivity contribution in [3.8, 4) is 11.4 Å². The maximum Gasteiger partial charge on any atom is 0.226 e. The molecule has 0 saturated heterocycles. The standard InChI is InChI=1S/C16H13ClFN5O/c17-13-6-1-2-7-14(13)19-15(24)8-9-23-21-16(20-22-23)11-4-3-5-12(18)10-11/h1-7,10H,8-9H2,(H,19,24). The Balaban J connectivity index is 1.59. The molecule has 8 heteroatoms. The van der Waals surface area contributed by atoms with E-state index in [4.69, 9.17) is 11.6 Å². The lowest BCUT2D eigenvalue weighted by Gasteiger charge is -2.06. The number of anilines is 1. The summed E-state index contributed by atoms with van der Waals surface area (Å²) in [5.41, 5.74) is 1.08. The Kier molecular flexibility index (Phi) is 4.81. The summed E-state index contributed by atoms with van der Waals surface area (Å²) in [6.45, 7) is 0.249. The topological polar surface area (TPSA) is 72.7 Å². The number of carbonyl (C=O) groups excluding carboxylic acids is 1. The molecule has 122 valence electrons. The number of amides is 1. The van der Waals surface area contributed by atoms with Crippen molar-refractivity contribution in [1.29, 1.82) is 0 Å². The minimum Gasteiger partial charge on any atom is -0.325 e. The van der Waals surface area contributed by atoms with E-state index in [0.717, 1.165) is 0 Å². The molecule has 0 radical (unpaired) electrons. The van der Waals surface area contributed by atoms with Gasteiger partial charge in [0.05, 0.1) is 17.3 Å². The second-order valence-corrected chi connectivity index (χ2v) is 5.40. The van der Waals surface area contributed by atoms with Crippen LogP contribution in [-0.4, -0.2) is 26.1 Å². The lowest BCUT2D eigenvalue weighted by Crippen LogP contribution is -2.15. The quantitative estimate of drug-likeness (QED) is 0.771. The molecule has 0 spiro atoms. The van der Waals surface area contributed by atoms with Crippen LogP contribution in [-0.2, 0) is 11.3 Å². The van der Waals surface area contributed by atoms with Crippen molar-refractivity contribution in [3.05, 3.63) is 59.4 Å². The average Bonchev–Trinajstić information content (AvgIpc) is 3.04. The van der Waals surface area contributed by atoms with E-state index in [1.165, 1.54) is 16.9 Å². The zero-order valence-corrected chi connectivity index (χ0v) is 13.2. The van der Waals surface area contributed by atoms with E-state index in [2.05, 4.69) is 20.7 Å². The van der Waals surface area contributed by atoms with E-state index in [1.807, 2.05) is 0 Å². The van der Waals surface area contributed by atoms with Crippen LogP contribution < -0.4 is 5.32 Å². The number of benzene rings is 2. The van der Waals surface area contributed by atoms with E-state index in [9.17, 15) is 9.18 Å². The molecule has 1 N–H and O–H groups in total. The van der Waals surface area contributed by atoms with Crippen LogP contribution in [0.5, 0.6) is 0 Å². The number of aromatic nitrogens is 4. The van der Waals surface area contributed by atoms with Crippen molar-refractivity contribution >= 4 is 23.2 Å². The summed E-state index contributed by atoms with van der Waals surface area (Å²) in [5.74, 6) is -0.281. The minimum atomic E-state index is -0.372. The number of carbonyl (C=O) groups is 1. The van der Waals surface area contributed by atoms with Crippen molar-refractivity contribution in [2.45, 2.75) is 13.0 Å². The van der Waals surface area contributed by atoms with Crippen molar-refractivity contribution in [2.75, 3.05) is 5.32 Å². The monoisotopic (exact) mass is 345 g/mol. The van der Waals surface area contributed by atoms with Crippen molar-refractivity contribution in [3.63, 3.8) is 0 Å². The third kappa shape index (κ3) is 3.94. The van der Waals surface area contributed by atoms with Crippen molar-refractivity contribution in [2.24, 2.45) is 0 Å². The van der Waals surface area contributed by atoms with Crippen LogP contribution in [0.15, 0.2) is 48.5 Å². The van der Waals surface area contributed by atoms with Crippen molar-refractivity contribution in [1.82, 2.24) is 20.2 Å². The first-order chi connectivity index (χ1) is 11.6. The zero-order chi connectivity index (χ0) is 16.9. The third-order valence-electron chi connectivity index (χ3n) is 3.22. The summed E-state index contributed by atoms with van der Waals surface area (Å²) in [6, 6.07) is 12.9. The molecule has 0 aliphatic carbocycles. The van der Waals surface area contributed by atoms with Gasteiger partial charge < -0.3 is 5.32 Å². The number of halogens is 2. The Morgan fingerprint density at radius 3 is 2.83 bits per heavy atom. The van der Waals surface area contributed by atoms with Gasteiger partial charge in [-0.3, -0.25) is 4.79 Å². The van der Waals surface area contributed by atoms with Crippen molar-refractivity contribution < 1.29 is 9.18 Å². The highest BCUT2D eigenvalue weighted by Gasteiger charge is 2.09. The van der Waals surface area contributed by atoms with Gasteiger partial charge in [0.15, 0.2) is 0 Å². The average molecular weight is 346 g/mol. The summed E-state index contributed by atoms with van der Waals surface area (Å²) < 4.78 is 13.2. The maximum absolute atomic E-state index is 13.2. The third-order valence-corrected chi connectivity index (χ3v) is 3.55. The second-order valence-electron chi connectivity index (χ2n) is 5.00. The predicted molar refractivity (Wildman–Crippen MR) is 87.9 cm³/mol. The van der Waals surface area contributed by atoms with Gasteiger partial charge in [-0.05, 0) is 29.5 Å². The number of tetrazole rings is 1. The Bertz CT molecular complexity index is 867. The van der Waals surface area contributed by atoms with Gasteiger partial charge in [0.1, 0.15) is 5.82 Å². The summed E-state index contributed by atoms with van der Waals surface area (Å²) in [4.78, 5) is 13.2. The minimum absolute atomic E-state index is 0.157. The molecular weight excluding hydrogens is 333 g/mol. The Hall–Kier alpha value is -2.80. The molecule has 3 aromatic rings. The molecule has 1 heterocycles. The van der Waals surface area contributed by atoms with Crippen LogP contribution in [0.1, 0.15) is 6.42 Å². The molecule has 1 aromatic heterocycles. The molecule has 24 heavy (non-hydrogen) atoms. The second kappa shape index (κ2) is 7.18. The van der Waals surface area contributed by atoms with Crippen LogP contribution in [0.3, 0.4) is 0 Å². The largest absolute Gasteiger partial charge is 0.325 e. The molecule has 0 bridgehead atoms. The molecule has 0 fully saturated rings. The molecule has 0 unspecified atom stereocenters. The van der Waals surface area contributed by atoms with Crippen LogP contribution in [0.2, 0.25) is 5.02 Å². The summed E-state index contributed by atoms with van der Waals surface area (Å²) >= 11 is 5.98. The Labute approximate surface area is 142 Å². The SMILES string of the molecule is O=C(CCn1nnc(-c2cccc(F)c2)n1)Nc1ccccc1Cl. The fourth-order valence-corrected chi connectivity index (χ4v) is 2.24. The van der Waals surface area contributed by atoms with Gasteiger partial charge in [-0.15, -0.1) is 10.2 Å². The fourth-order valence-electron chi connectivity index (χ4n) is 2.06. The number of hydrogen-bond donors (Lipinski definition) is 1.